The van der Waals surface area contributed by atoms with E-state index in [0.717, 1.165) is 11.1 Å². The number of hydrogen-bond acceptors (Lipinski definition) is 3. The van der Waals surface area contributed by atoms with Gasteiger partial charge in [0.15, 0.2) is 5.78 Å². The lowest BCUT2D eigenvalue weighted by molar-refractivity contribution is 0.0772. The molecule has 114 valence electrons. The zero-order chi connectivity index (χ0) is 16.1. The highest BCUT2D eigenvalue weighted by Crippen LogP contribution is 2.21. The molecule has 22 heavy (non-hydrogen) atoms. The number of Topliss-reactive ketones (excluding diaryl/α,β-unsaturated/α-hetero) is 1. The van der Waals surface area contributed by atoms with Gasteiger partial charge in [0, 0.05) is 36.6 Å². The Labute approximate surface area is 130 Å². The van der Waals surface area contributed by atoms with Crippen LogP contribution in [0.2, 0.25) is 0 Å². The summed E-state index contributed by atoms with van der Waals surface area (Å²) in [5, 5.41) is 0. The Kier molecular flexibility index (Phi) is 5.04. The number of hydrogen-bond donors (Lipinski definition) is 0. The van der Waals surface area contributed by atoms with Gasteiger partial charge in [-0.05, 0) is 32.4 Å². The van der Waals surface area contributed by atoms with Crippen LogP contribution in [-0.4, -0.2) is 34.7 Å². The van der Waals surface area contributed by atoms with Crippen molar-refractivity contribution in [1.29, 1.82) is 0 Å². The smallest absolute Gasteiger partial charge is 0.255 e. The minimum Gasteiger partial charge on any atom is -0.339 e. The maximum atomic E-state index is 12.4. The molecule has 1 aromatic carbocycles. The van der Waals surface area contributed by atoms with Gasteiger partial charge in [-0.25, -0.2) is 0 Å². The van der Waals surface area contributed by atoms with Crippen LogP contribution >= 0.6 is 0 Å². The Morgan fingerprint density at radius 1 is 0.955 bits per heavy atom. The number of pyridine rings is 1. The number of amides is 1. The van der Waals surface area contributed by atoms with E-state index >= 15 is 0 Å². The second-order valence-electron chi connectivity index (χ2n) is 5.07. The number of carbonyl (C=O) groups is 2. The first kappa shape index (κ1) is 15.9. The first-order chi connectivity index (χ1) is 10.6. The Balaban J connectivity index is 2.32. The van der Waals surface area contributed by atoms with Crippen molar-refractivity contribution in [2.75, 3.05) is 13.1 Å². The average Bonchev–Trinajstić information content (AvgIpc) is 2.56. The van der Waals surface area contributed by atoms with Gasteiger partial charge < -0.3 is 4.90 Å². The fraction of sp³-hybridized carbons (Fsp3) is 0.278. The minimum atomic E-state index is -0.0142. The number of ketones is 1. The van der Waals surface area contributed by atoms with Crippen LogP contribution in [-0.2, 0) is 0 Å². The first-order valence-corrected chi connectivity index (χ1v) is 7.42. The molecule has 4 heteroatoms. The molecule has 2 rings (SSSR count). The molecule has 4 nitrogen and oxygen atoms in total. The van der Waals surface area contributed by atoms with Gasteiger partial charge in [-0.15, -0.1) is 0 Å². The largest absolute Gasteiger partial charge is 0.339 e. The molecule has 1 heterocycles. The molecule has 0 aliphatic rings. The molecular formula is C18H20N2O2. The fourth-order valence-corrected chi connectivity index (χ4v) is 2.31. The number of benzene rings is 1. The topological polar surface area (TPSA) is 50.3 Å². The third-order valence-electron chi connectivity index (χ3n) is 3.66. The van der Waals surface area contributed by atoms with Crippen LogP contribution in [0.25, 0.3) is 11.1 Å². The molecule has 0 aliphatic heterocycles. The number of nitrogens with zero attached hydrogens (tertiary/aromatic N) is 2. The van der Waals surface area contributed by atoms with Crippen LogP contribution in [0.1, 0.15) is 41.5 Å². The molecule has 0 fully saturated rings. The molecule has 0 bridgehead atoms. The van der Waals surface area contributed by atoms with Crippen LogP contribution in [0.5, 0.6) is 0 Å². The van der Waals surface area contributed by atoms with E-state index in [4.69, 9.17) is 0 Å². The molecule has 1 aromatic heterocycles. The lowest BCUT2D eigenvalue weighted by atomic mass is 10.0. The third-order valence-corrected chi connectivity index (χ3v) is 3.66. The van der Waals surface area contributed by atoms with Crippen molar-refractivity contribution in [1.82, 2.24) is 9.88 Å². The SMILES string of the molecule is CCN(CC)C(=O)c1cncc(-c2ccc(C(C)=O)cc2)c1. The van der Waals surface area contributed by atoms with Crippen molar-refractivity contribution in [3.8, 4) is 11.1 Å². The van der Waals surface area contributed by atoms with Crippen molar-refractivity contribution in [3.63, 3.8) is 0 Å². The summed E-state index contributed by atoms with van der Waals surface area (Å²) >= 11 is 0. The summed E-state index contributed by atoms with van der Waals surface area (Å²) in [6, 6.07) is 9.17. The quantitative estimate of drug-likeness (QED) is 0.794. The van der Waals surface area contributed by atoms with Crippen LogP contribution in [0, 0.1) is 0 Å². The van der Waals surface area contributed by atoms with Crippen molar-refractivity contribution < 1.29 is 9.59 Å². The number of rotatable bonds is 5. The molecule has 0 atom stereocenters. The average molecular weight is 296 g/mol. The summed E-state index contributed by atoms with van der Waals surface area (Å²) in [6.07, 6.45) is 3.32. The van der Waals surface area contributed by atoms with E-state index in [1.165, 1.54) is 0 Å². The maximum Gasteiger partial charge on any atom is 0.255 e. The van der Waals surface area contributed by atoms with Crippen molar-refractivity contribution >= 4 is 11.7 Å². The van der Waals surface area contributed by atoms with Gasteiger partial charge >= 0.3 is 0 Å². The summed E-state index contributed by atoms with van der Waals surface area (Å²) in [5.41, 5.74) is 3.06. The van der Waals surface area contributed by atoms with Crippen LogP contribution < -0.4 is 0 Å². The van der Waals surface area contributed by atoms with Crippen LogP contribution in [0.4, 0.5) is 0 Å². The highest BCUT2D eigenvalue weighted by atomic mass is 16.2. The Morgan fingerprint density at radius 2 is 1.59 bits per heavy atom. The van der Waals surface area contributed by atoms with E-state index in [0.29, 0.717) is 24.2 Å². The molecule has 0 saturated carbocycles. The Hall–Kier alpha value is -2.49. The van der Waals surface area contributed by atoms with Crippen molar-refractivity contribution in [3.05, 3.63) is 53.9 Å². The molecule has 0 spiro atoms. The van der Waals surface area contributed by atoms with Gasteiger partial charge in [0.1, 0.15) is 0 Å². The van der Waals surface area contributed by atoms with E-state index in [-0.39, 0.29) is 11.7 Å². The molecular weight excluding hydrogens is 276 g/mol. The zero-order valence-corrected chi connectivity index (χ0v) is 13.2. The van der Waals surface area contributed by atoms with Crippen molar-refractivity contribution in [2.24, 2.45) is 0 Å². The molecule has 0 aliphatic carbocycles. The summed E-state index contributed by atoms with van der Waals surface area (Å²) in [6.45, 7) is 6.80. The predicted molar refractivity (Wildman–Crippen MR) is 86.9 cm³/mol. The second-order valence-corrected chi connectivity index (χ2v) is 5.07. The predicted octanol–water partition coefficient (Wildman–Crippen LogP) is 3.43. The second kappa shape index (κ2) is 6.98. The van der Waals surface area contributed by atoms with E-state index in [9.17, 15) is 9.59 Å². The first-order valence-electron chi connectivity index (χ1n) is 7.42. The molecule has 0 saturated heterocycles. The fourth-order valence-electron chi connectivity index (χ4n) is 2.31. The summed E-state index contributed by atoms with van der Waals surface area (Å²) < 4.78 is 0. The maximum absolute atomic E-state index is 12.4. The lowest BCUT2D eigenvalue weighted by Gasteiger charge is -2.18. The summed E-state index contributed by atoms with van der Waals surface area (Å²) in [7, 11) is 0. The van der Waals surface area contributed by atoms with Gasteiger partial charge in [0.2, 0.25) is 0 Å². The summed E-state index contributed by atoms with van der Waals surface area (Å²) in [4.78, 5) is 29.6. The lowest BCUT2D eigenvalue weighted by Crippen LogP contribution is -2.30. The summed E-state index contributed by atoms with van der Waals surface area (Å²) in [5.74, 6) is 0.0230. The van der Waals surface area contributed by atoms with E-state index in [1.54, 1.807) is 36.4 Å². The highest BCUT2D eigenvalue weighted by molar-refractivity contribution is 5.96. The molecule has 0 radical (unpaired) electrons. The number of carbonyl (C=O) groups excluding carboxylic acids is 2. The molecule has 2 aromatic rings. The van der Waals surface area contributed by atoms with E-state index in [1.807, 2.05) is 32.0 Å². The molecule has 0 unspecified atom stereocenters. The van der Waals surface area contributed by atoms with Gasteiger partial charge in [-0.3, -0.25) is 14.6 Å². The van der Waals surface area contributed by atoms with Crippen molar-refractivity contribution in [2.45, 2.75) is 20.8 Å². The Morgan fingerprint density at radius 3 is 2.14 bits per heavy atom. The van der Waals surface area contributed by atoms with Gasteiger partial charge in [-0.1, -0.05) is 24.3 Å². The van der Waals surface area contributed by atoms with Gasteiger partial charge in [-0.2, -0.15) is 0 Å². The van der Waals surface area contributed by atoms with E-state index < -0.39 is 0 Å². The van der Waals surface area contributed by atoms with Gasteiger partial charge in [0.05, 0.1) is 5.56 Å². The third kappa shape index (κ3) is 3.39. The number of aromatic nitrogens is 1. The standard InChI is InChI=1S/C18H20N2O2/c1-4-20(5-2)18(22)17-10-16(11-19-12-17)15-8-6-14(7-9-15)13(3)21/h6-12H,4-5H2,1-3H3. The Bertz CT molecular complexity index is 674. The monoisotopic (exact) mass is 296 g/mol. The normalized spacial score (nSPS) is 10.3. The van der Waals surface area contributed by atoms with E-state index in [2.05, 4.69) is 4.98 Å². The minimum absolute atomic E-state index is 0.0142. The molecule has 0 N–H and O–H groups in total. The van der Waals surface area contributed by atoms with Crippen LogP contribution in [0.3, 0.4) is 0 Å². The zero-order valence-electron chi connectivity index (χ0n) is 13.2. The molecule has 1 amide bonds. The van der Waals surface area contributed by atoms with Gasteiger partial charge in [0.25, 0.3) is 5.91 Å². The highest BCUT2D eigenvalue weighted by Gasteiger charge is 2.13. The van der Waals surface area contributed by atoms with Crippen LogP contribution in [0.15, 0.2) is 42.7 Å².